The number of aliphatic hydroxyl groups excluding tert-OH is 1. The molecule has 0 spiro atoms. The Labute approximate surface area is 126 Å². The number of aryl methyl sites for hydroxylation is 1. The van der Waals surface area contributed by atoms with Crippen molar-refractivity contribution >= 4 is 11.6 Å². The van der Waals surface area contributed by atoms with Crippen LogP contribution in [0.15, 0.2) is 0 Å². The van der Waals surface area contributed by atoms with Crippen molar-refractivity contribution in [1.29, 1.82) is 0 Å². The number of hydrogen-bond acceptors (Lipinski definition) is 6. The van der Waals surface area contributed by atoms with Crippen molar-refractivity contribution in [1.82, 2.24) is 9.97 Å². The highest BCUT2D eigenvalue weighted by atomic mass is 16.3. The third-order valence-corrected chi connectivity index (χ3v) is 4.56. The molecule has 0 amide bonds. The quantitative estimate of drug-likeness (QED) is 0.490. The highest BCUT2D eigenvalue weighted by molar-refractivity contribution is 5.57. The maximum atomic E-state index is 9.89. The van der Waals surface area contributed by atoms with Crippen molar-refractivity contribution in [2.75, 3.05) is 17.3 Å². The number of hydrogen-bond donors (Lipinski definition) is 4. The molecule has 0 bridgehead atoms. The van der Waals surface area contributed by atoms with Gasteiger partial charge in [0, 0.05) is 12.0 Å². The first-order valence-electron chi connectivity index (χ1n) is 7.76. The normalized spacial score (nSPS) is 25.7. The molecule has 118 valence electrons. The third-order valence-electron chi connectivity index (χ3n) is 4.56. The van der Waals surface area contributed by atoms with Gasteiger partial charge in [-0.1, -0.05) is 13.8 Å². The lowest BCUT2D eigenvalue weighted by molar-refractivity contribution is 0.155. The van der Waals surface area contributed by atoms with Crippen molar-refractivity contribution in [2.24, 2.45) is 11.8 Å². The van der Waals surface area contributed by atoms with E-state index in [4.69, 9.17) is 5.84 Å². The van der Waals surface area contributed by atoms with E-state index in [1.165, 1.54) is 0 Å². The Hall–Kier alpha value is -1.40. The highest BCUT2D eigenvalue weighted by Gasteiger charge is 2.34. The molecular formula is C15H27N5O. The van der Waals surface area contributed by atoms with Gasteiger partial charge >= 0.3 is 0 Å². The summed E-state index contributed by atoms with van der Waals surface area (Å²) in [6.07, 6.45) is 4.91. The fraction of sp³-hybridized carbons (Fsp3) is 0.733. The number of nitrogens with two attached hydrogens (primary N) is 1. The topological polar surface area (TPSA) is 96.1 Å². The third kappa shape index (κ3) is 3.44. The van der Waals surface area contributed by atoms with Gasteiger partial charge in [-0.3, -0.25) is 0 Å². The summed E-state index contributed by atoms with van der Waals surface area (Å²) in [6, 6.07) is 0. The number of aromatic nitrogens is 2. The minimum Gasteiger partial charge on any atom is -0.394 e. The number of aliphatic hydroxyl groups is 1. The maximum absolute atomic E-state index is 9.89. The zero-order valence-corrected chi connectivity index (χ0v) is 13.2. The standard InChI is InChI=1S/C15H27N5O/c1-4-12-17-13(11(3)14(18-12)20-16)19-15(9-21)7-5-10(2)6-8-15/h10,21H,4-9,16H2,1-3H3,(H2,17,18,19,20). The first kappa shape index (κ1) is 16.0. The van der Waals surface area contributed by atoms with Crippen LogP contribution in [-0.4, -0.2) is 27.2 Å². The Balaban J connectivity index is 2.28. The molecule has 21 heavy (non-hydrogen) atoms. The van der Waals surface area contributed by atoms with E-state index in [1.54, 1.807) is 0 Å². The second-order valence-corrected chi connectivity index (χ2v) is 6.21. The molecule has 0 saturated heterocycles. The Morgan fingerprint density at radius 3 is 2.43 bits per heavy atom. The summed E-state index contributed by atoms with van der Waals surface area (Å²) < 4.78 is 0. The Morgan fingerprint density at radius 1 is 1.29 bits per heavy atom. The summed E-state index contributed by atoms with van der Waals surface area (Å²) in [5.74, 6) is 8.43. The number of nitrogens with zero attached hydrogens (tertiary/aromatic N) is 2. The Morgan fingerprint density at radius 2 is 1.90 bits per heavy atom. The van der Waals surface area contributed by atoms with Gasteiger partial charge in [-0.05, 0) is 38.5 Å². The first-order valence-corrected chi connectivity index (χ1v) is 7.76. The van der Waals surface area contributed by atoms with Gasteiger partial charge in [-0.15, -0.1) is 0 Å². The predicted octanol–water partition coefficient (Wildman–Crippen LogP) is 1.99. The minimum absolute atomic E-state index is 0.121. The van der Waals surface area contributed by atoms with Crippen LogP contribution in [0.25, 0.3) is 0 Å². The molecule has 0 aliphatic heterocycles. The minimum atomic E-state index is -0.275. The molecule has 6 heteroatoms. The monoisotopic (exact) mass is 293 g/mol. The van der Waals surface area contributed by atoms with Crippen LogP contribution in [0.3, 0.4) is 0 Å². The maximum Gasteiger partial charge on any atom is 0.148 e. The van der Waals surface area contributed by atoms with E-state index in [1.807, 2.05) is 13.8 Å². The van der Waals surface area contributed by atoms with E-state index in [0.29, 0.717) is 5.82 Å². The summed E-state index contributed by atoms with van der Waals surface area (Å²) in [7, 11) is 0. The summed E-state index contributed by atoms with van der Waals surface area (Å²) in [5, 5.41) is 13.4. The lowest BCUT2D eigenvalue weighted by Gasteiger charge is -2.39. The second kappa shape index (κ2) is 6.58. The van der Waals surface area contributed by atoms with E-state index in [2.05, 4.69) is 27.6 Å². The molecule has 0 radical (unpaired) electrons. The smallest absolute Gasteiger partial charge is 0.148 e. The molecule has 1 aromatic heterocycles. The molecule has 2 rings (SSSR count). The molecule has 1 aromatic rings. The van der Waals surface area contributed by atoms with Crippen LogP contribution < -0.4 is 16.6 Å². The van der Waals surface area contributed by atoms with Crippen molar-refractivity contribution in [3.05, 3.63) is 11.4 Å². The van der Waals surface area contributed by atoms with Crippen LogP contribution in [0.2, 0.25) is 0 Å². The highest BCUT2D eigenvalue weighted by Crippen LogP contribution is 2.35. The van der Waals surface area contributed by atoms with Gasteiger partial charge in [0.1, 0.15) is 17.5 Å². The average molecular weight is 293 g/mol. The van der Waals surface area contributed by atoms with E-state index in [9.17, 15) is 5.11 Å². The average Bonchev–Trinajstić information content (AvgIpc) is 2.51. The molecule has 6 nitrogen and oxygen atoms in total. The van der Waals surface area contributed by atoms with Gasteiger partial charge in [-0.25, -0.2) is 15.8 Å². The predicted molar refractivity (Wildman–Crippen MR) is 85.0 cm³/mol. The summed E-state index contributed by atoms with van der Waals surface area (Å²) in [4.78, 5) is 8.95. The van der Waals surface area contributed by atoms with Crippen molar-refractivity contribution < 1.29 is 5.11 Å². The van der Waals surface area contributed by atoms with Gasteiger partial charge in [0.2, 0.25) is 0 Å². The number of anilines is 2. The van der Waals surface area contributed by atoms with Crippen molar-refractivity contribution in [2.45, 2.75) is 58.4 Å². The Kier molecular flexibility index (Phi) is 5.00. The van der Waals surface area contributed by atoms with Crippen LogP contribution >= 0.6 is 0 Å². The van der Waals surface area contributed by atoms with E-state index >= 15 is 0 Å². The molecule has 1 aliphatic rings. The summed E-state index contributed by atoms with van der Waals surface area (Å²) >= 11 is 0. The van der Waals surface area contributed by atoms with Gasteiger partial charge < -0.3 is 15.8 Å². The largest absolute Gasteiger partial charge is 0.394 e. The molecule has 1 fully saturated rings. The molecular weight excluding hydrogens is 266 g/mol. The van der Waals surface area contributed by atoms with Crippen LogP contribution in [0.4, 0.5) is 11.6 Å². The van der Waals surface area contributed by atoms with Crippen LogP contribution in [0.5, 0.6) is 0 Å². The number of nitrogens with one attached hydrogen (secondary N) is 2. The molecule has 1 aliphatic carbocycles. The van der Waals surface area contributed by atoms with E-state index in [-0.39, 0.29) is 12.1 Å². The summed E-state index contributed by atoms with van der Waals surface area (Å²) in [6.45, 7) is 6.34. The number of rotatable bonds is 5. The zero-order chi connectivity index (χ0) is 15.5. The molecule has 1 saturated carbocycles. The Bertz CT molecular complexity index is 483. The molecule has 0 unspecified atom stereocenters. The first-order chi connectivity index (χ1) is 10.0. The lowest BCUT2D eigenvalue weighted by Crippen LogP contribution is -2.45. The van der Waals surface area contributed by atoms with Crippen LogP contribution in [-0.2, 0) is 6.42 Å². The van der Waals surface area contributed by atoms with E-state index in [0.717, 1.165) is 55.2 Å². The fourth-order valence-electron chi connectivity index (χ4n) is 2.87. The van der Waals surface area contributed by atoms with Gasteiger partial charge in [0.15, 0.2) is 0 Å². The number of hydrazine groups is 1. The number of nitrogen functional groups attached to an aromatic ring is 1. The van der Waals surface area contributed by atoms with Gasteiger partial charge in [-0.2, -0.15) is 0 Å². The van der Waals surface area contributed by atoms with Crippen molar-refractivity contribution in [3.8, 4) is 0 Å². The second-order valence-electron chi connectivity index (χ2n) is 6.21. The van der Waals surface area contributed by atoms with Crippen LogP contribution in [0, 0.1) is 12.8 Å². The van der Waals surface area contributed by atoms with Gasteiger partial charge in [0.25, 0.3) is 0 Å². The van der Waals surface area contributed by atoms with Crippen molar-refractivity contribution in [3.63, 3.8) is 0 Å². The van der Waals surface area contributed by atoms with E-state index < -0.39 is 0 Å². The fourth-order valence-corrected chi connectivity index (χ4v) is 2.87. The molecule has 0 atom stereocenters. The lowest BCUT2D eigenvalue weighted by atomic mass is 9.77. The summed E-state index contributed by atoms with van der Waals surface area (Å²) in [5.41, 5.74) is 3.25. The zero-order valence-electron chi connectivity index (χ0n) is 13.2. The molecule has 0 aromatic carbocycles. The van der Waals surface area contributed by atoms with Crippen LogP contribution in [0.1, 0.15) is 50.9 Å². The SMILES string of the molecule is CCc1nc(NN)c(C)c(NC2(CO)CCC(C)CC2)n1. The molecule has 5 N–H and O–H groups in total. The van der Waals surface area contributed by atoms with Gasteiger partial charge in [0.05, 0.1) is 12.1 Å². The molecule has 1 heterocycles.